The number of hydrogen-bond donors (Lipinski definition) is 4. The van der Waals surface area contributed by atoms with E-state index in [4.69, 9.17) is 4.74 Å². The highest BCUT2D eigenvalue weighted by Gasteiger charge is 2.25. The molecule has 0 fully saturated rings. The van der Waals surface area contributed by atoms with Gasteiger partial charge in [0.1, 0.15) is 5.75 Å². The van der Waals surface area contributed by atoms with E-state index in [2.05, 4.69) is 19.5 Å². The molecule has 0 saturated carbocycles. The Morgan fingerprint density at radius 2 is 1.82 bits per heavy atom. The molecule has 3 rings (SSSR count). The number of nitrogens with one attached hydrogen (secondary N) is 2. The normalized spacial score (nSPS) is 14.3. The lowest BCUT2D eigenvalue weighted by atomic mass is 10.0. The van der Waals surface area contributed by atoms with Gasteiger partial charge in [-0.2, -0.15) is 0 Å². The van der Waals surface area contributed by atoms with Crippen LogP contribution in [0.25, 0.3) is 10.9 Å². The quantitative estimate of drug-likeness (QED) is 0.221. The molecule has 3 aromatic rings. The Morgan fingerprint density at radius 3 is 2.61 bits per heavy atom. The Kier molecular flexibility index (Phi) is 9.39. The Labute approximate surface area is 195 Å². The summed E-state index contributed by atoms with van der Waals surface area (Å²) in [6.07, 6.45) is 3.06. The second kappa shape index (κ2) is 12.2. The summed E-state index contributed by atoms with van der Waals surface area (Å²) in [5, 5.41) is 22.8. The van der Waals surface area contributed by atoms with Crippen LogP contribution in [0.5, 0.6) is 5.75 Å². The van der Waals surface area contributed by atoms with Crippen molar-refractivity contribution in [3.63, 3.8) is 0 Å². The van der Waals surface area contributed by atoms with Gasteiger partial charge in [0.05, 0.1) is 18.2 Å². The summed E-state index contributed by atoms with van der Waals surface area (Å²) in [5.74, 6) is -0.0226. The summed E-state index contributed by atoms with van der Waals surface area (Å²) in [6, 6.07) is 15.1. The number of aliphatic hydroxyl groups is 1. The molecule has 2 aromatic carbocycles. The Hall–Kier alpha value is -2.31. The Bertz CT molecular complexity index is 1070. The average Bonchev–Trinajstić information content (AvgIpc) is 2.81. The topological polar surface area (TPSA) is 94.6 Å². The zero-order valence-electron chi connectivity index (χ0n) is 18.6. The van der Waals surface area contributed by atoms with Crippen LogP contribution < -0.4 is 10.9 Å². The van der Waals surface area contributed by atoms with Gasteiger partial charge in [0.15, 0.2) is 5.41 Å². The van der Waals surface area contributed by atoms with E-state index < -0.39 is 11.5 Å². The molecule has 0 aliphatic rings. The fraction of sp³-hybridized carbons (Fsp3) is 0.400. The first-order valence-corrected chi connectivity index (χ1v) is 11.8. The number of phenols is 1. The minimum Gasteiger partial charge on any atom is -0.506 e. The van der Waals surface area contributed by atoms with Crippen LogP contribution >= 0.6 is 9.24 Å². The summed E-state index contributed by atoms with van der Waals surface area (Å²) in [7, 11) is 2.24. The lowest BCUT2D eigenvalue weighted by Gasteiger charge is -2.20. The maximum Gasteiger partial charge on any atom is 0.248 e. The Morgan fingerprint density at radius 1 is 1.06 bits per heavy atom. The fourth-order valence-corrected chi connectivity index (χ4v) is 4.04. The smallest absolute Gasteiger partial charge is 0.248 e. The number of rotatable bonds is 13. The number of pyridine rings is 1. The van der Waals surface area contributed by atoms with Crippen LogP contribution in [0.1, 0.15) is 42.9 Å². The van der Waals surface area contributed by atoms with E-state index in [0.29, 0.717) is 35.2 Å². The van der Waals surface area contributed by atoms with Gasteiger partial charge in [-0.05, 0) is 42.6 Å². The number of aliphatic hydroxyl groups excluding tert-OH is 1. The predicted octanol–water partition coefficient (Wildman–Crippen LogP) is 4.13. The maximum absolute atomic E-state index is 14.6. The zero-order chi connectivity index (χ0) is 23.7. The van der Waals surface area contributed by atoms with E-state index in [1.54, 1.807) is 24.3 Å². The van der Waals surface area contributed by atoms with Crippen molar-refractivity contribution in [3.05, 3.63) is 76.1 Å². The third-order valence-corrected chi connectivity index (χ3v) is 6.06. The maximum atomic E-state index is 14.6. The molecular formula is C25H32FN2O4P. The third kappa shape index (κ3) is 7.34. The highest BCUT2D eigenvalue weighted by Crippen LogP contribution is 2.33. The van der Waals surface area contributed by atoms with Crippen molar-refractivity contribution >= 4 is 20.1 Å². The van der Waals surface area contributed by atoms with Crippen molar-refractivity contribution in [2.24, 2.45) is 0 Å². The molecule has 0 aliphatic heterocycles. The molecule has 3 atom stereocenters. The van der Waals surface area contributed by atoms with E-state index in [-0.39, 0.29) is 17.9 Å². The van der Waals surface area contributed by atoms with E-state index in [1.165, 1.54) is 12.1 Å². The van der Waals surface area contributed by atoms with Crippen molar-refractivity contribution < 1.29 is 19.3 Å². The first kappa shape index (κ1) is 25.3. The van der Waals surface area contributed by atoms with Crippen LogP contribution in [-0.2, 0) is 10.1 Å². The van der Waals surface area contributed by atoms with Crippen molar-refractivity contribution in [1.82, 2.24) is 10.3 Å². The summed E-state index contributed by atoms with van der Waals surface area (Å²) < 4.78 is 20.2. The molecule has 0 spiro atoms. The summed E-state index contributed by atoms with van der Waals surface area (Å²) in [6.45, 7) is 1.67. The monoisotopic (exact) mass is 474 g/mol. The van der Waals surface area contributed by atoms with Crippen LogP contribution in [0.15, 0.2) is 59.4 Å². The van der Waals surface area contributed by atoms with Crippen molar-refractivity contribution in [1.29, 1.82) is 0 Å². The summed E-state index contributed by atoms with van der Waals surface area (Å²) in [4.78, 5) is 14.1. The van der Waals surface area contributed by atoms with Gasteiger partial charge in [0.25, 0.3) is 0 Å². The number of halogens is 1. The van der Waals surface area contributed by atoms with E-state index >= 15 is 0 Å². The molecule has 0 aliphatic carbocycles. The first-order valence-electron chi connectivity index (χ1n) is 11.2. The molecule has 6 nitrogen and oxygen atoms in total. The average molecular weight is 475 g/mol. The number of phenolic OH excluding ortho intramolecular Hbond substituents is 1. The van der Waals surface area contributed by atoms with Gasteiger partial charge in [-0.25, -0.2) is 4.39 Å². The summed E-state index contributed by atoms with van der Waals surface area (Å²) >= 11 is 0. The number of H-pyrrole nitrogens is 1. The largest absolute Gasteiger partial charge is 0.506 e. The van der Waals surface area contributed by atoms with Crippen LogP contribution in [0.3, 0.4) is 0 Å². The zero-order valence-corrected chi connectivity index (χ0v) is 19.8. The van der Waals surface area contributed by atoms with Crippen molar-refractivity contribution in [2.75, 3.05) is 26.3 Å². The molecular weight excluding hydrogens is 442 g/mol. The molecule has 0 bridgehead atoms. The molecule has 1 heterocycles. The number of ether oxygens (including phenoxy) is 1. The molecule has 1 aromatic heterocycles. The van der Waals surface area contributed by atoms with Gasteiger partial charge in [-0.3, -0.25) is 4.79 Å². The van der Waals surface area contributed by atoms with Crippen molar-refractivity contribution in [2.45, 2.75) is 37.2 Å². The van der Waals surface area contributed by atoms with Crippen LogP contribution in [0.4, 0.5) is 4.39 Å². The van der Waals surface area contributed by atoms with Gasteiger partial charge < -0.3 is 25.3 Å². The van der Waals surface area contributed by atoms with Gasteiger partial charge >= 0.3 is 0 Å². The van der Waals surface area contributed by atoms with E-state index in [0.717, 1.165) is 32.2 Å². The molecule has 0 amide bonds. The molecule has 4 N–H and O–H groups in total. The SMILES string of the molecule is O=c1ccc2c([C@@H](O)CNCCCCCCOCC(F)(P)c3ccccc3)ccc(O)c2[nH]1. The van der Waals surface area contributed by atoms with Crippen LogP contribution in [0.2, 0.25) is 0 Å². The lowest BCUT2D eigenvalue weighted by molar-refractivity contribution is 0.0608. The van der Waals surface area contributed by atoms with Gasteiger partial charge in [0, 0.05) is 24.6 Å². The van der Waals surface area contributed by atoms with E-state index in [1.807, 2.05) is 18.2 Å². The number of unbranched alkanes of at least 4 members (excludes halogenated alkanes) is 3. The van der Waals surface area contributed by atoms with Crippen LogP contribution in [0, 0.1) is 0 Å². The Balaban J connectivity index is 1.29. The third-order valence-electron chi connectivity index (χ3n) is 5.56. The number of alkyl halides is 1. The van der Waals surface area contributed by atoms with E-state index in [9.17, 15) is 19.4 Å². The van der Waals surface area contributed by atoms with Crippen LogP contribution in [-0.4, -0.2) is 41.5 Å². The number of aromatic amines is 1. The minimum atomic E-state index is -1.57. The van der Waals surface area contributed by atoms with Gasteiger partial charge in [-0.15, -0.1) is 0 Å². The van der Waals surface area contributed by atoms with Crippen molar-refractivity contribution in [3.8, 4) is 5.75 Å². The molecule has 33 heavy (non-hydrogen) atoms. The molecule has 8 heteroatoms. The minimum absolute atomic E-state index is 0.0148. The first-order chi connectivity index (χ1) is 15.9. The second-order valence-corrected chi connectivity index (χ2v) is 9.12. The number of hydrogen-bond acceptors (Lipinski definition) is 5. The molecule has 0 saturated heterocycles. The van der Waals surface area contributed by atoms with Gasteiger partial charge in [0.2, 0.25) is 5.56 Å². The van der Waals surface area contributed by atoms with Gasteiger partial charge in [-0.1, -0.05) is 58.5 Å². The summed E-state index contributed by atoms with van der Waals surface area (Å²) in [5.41, 5.74) is 1.27. The number of aromatic nitrogens is 1. The second-order valence-electron chi connectivity index (χ2n) is 8.20. The molecule has 0 radical (unpaired) electrons. The highest BCUT2D eigenvalue weighted by atomic mass is 31.0. The lowest BCUT2D eigenvalue weighted by Crippen LogP contribution is -2.23. The highest BCUT2D eigenvalue weighted by molar-refractivity contribution is 7.18. The molecule has 2 unspecified atom stereocenters. The standard InChI is InChI=1S/C25H32FN2O4P/c26-25(33,18-8-4-3-5-9-18)17-32-15-7-2-1-6-14-27-16-22(30)19-10-12-21(29)24-20(19)11-13-23(31)28-24/h3-5,8-13,22,27,29-30H,1-2,6-7,14-17,33H2,(H,28,31)/t22-,25?/m0/s1. The predicted molar refractivity (Wildman–Crippen MR) is 132 cm³/mol. The number of benzene rings is 2. The number of fused-ring (bicyclic) bond motifs is 1. The fourth-order valence-electron chi connectivity index (χ4n) is 3.73. The number of aromatic hydroxyl groups is 1. The molecule has 178 valence electrons.